The Bertz CT molecular complexity index is 135. The van der Waals surface area contributed by atoms with Crippen molar-refractivity contribution in [3.8, 4) is 0 Å². The summed E-state index contributed by atoms with van der Waals surface area (Å²) in [4.78, 5) is 2.42. The number of hydrogen-bond acceptors (Lipinski definition) is 1. The van der Waals surface area contributed by atoms with Crippen LogP contribution >= 0.6 is 11.6 Å². The minimum absolute atomic E-state index is 0.0621. The highest BCUT2D eigenvalue weighted by Crippen LogP contribution is 2.20. The molecule has 1 heterocycles. The van der Waals surface area contributed by atoms with Gasteiger partial charge in [-0.1, -0.05) is 38.3 Å². The summed E-state index contributed by atoms with van der Waals surface area (Å²) in [6.45, 7) is 5.42. The zero-order chi connectivity index (χ0) is 9.68. The molecule has 13 heavy (non-hydrogen) atoms. The molecule has 3 heteroatoms. The van der Waals surface area contributed by atoms with Crippen LogP contribution in [0.4, 0.5) is 0 Å². The molecule has 0 aromatic rings. The highest BCUT2D eigenvalue weighted by atomic mass is 35.5. The summed E-state index contributed by atoms with van der Waals surface area (Å²) >= 11 is 6.11. The molecule has 0 spiro atoms. The number of alkyl halides is 1. The predicted octanol–water partition coefficient (Wildman–Crippen LogP) is 3.11. The monoisotopic (exact) mass is 218 g/mol. The number of nitrogens with zero attached hydrogens (tertiary/aromatic N) is 1. The van der Waals surface area contributed by atoms with E-state index in [-0.39, 0.29) is 14.3 Å². The first-order valence-electron chi connectivity index (χ1n) is 5.45. The predicted molar refractivity (Wildman–Crippen MR) is 61.8 cm³/mol. The molecule has 77 valence electrons. The first kappa shape index (κ1) is 11.5. The lowest BCUT2D eigenvalue weighted by Crippen LogP contribution is -2.39. The Morgan fingerprint density at radius 2 is 1.92 bits per heavy atom. The second-order valence-electron chi connectivity index (χ2n) is 3.95. The van der Waals surface area contributed by atoms with E-state index in [1.54, 1.807) is 0 Å². The van der Waals surface area contributed by atoms with Gasteiger partial charge in [0.2, 0.25) is 0 Å². The van der Waals surface area contributed by atoms with Crippen molar-refractivity contribution in [2.45, 2.75) is 50.7 Å². The molecule has 0 saturated carbocycles. The molecule has 1 unspecified atom stereocenters. The number of halogens is 1. The minimum atomic E-state index is -0.0621. The van der Waals surface area contributed by atoms with Gasteiger partial charge in [-0.05, 0) is 19.6 Å². The van der Waals surface area contributed by atoms with Gasteiger partial charge in [0.1, 0.15) is 0 Å². The second kappa shape index (κ2) is 6.05. The van der Waals surface area contributed by atoms with Crippen LogP contribution in [0.1, 0.15) is 33.1 Å². The summed E-state index contributed by atoms with van der Waals surface area (Å²) in [7, 11) is -0.0621. The Morgan fingerprint density at radius 3 is 2.38 bits per heavy atom. The van der Waals surface area contributed by atoms with Gasteiger partial charge in [-0.15, -0.1) is 11.6 Å². The molecule has 1 aliphatic rings. The van der Waals surface area contributed by atoms with E-state index < -0.39 is 0 Å². The zero-order valence-corrected chi connectivity index (χ0v) is 10.6. The highest BCUT2D eigenvalue weighted by Gasteiger charge is 2.19. The van der Waals surface area contributed by atoms with E-state index in [9.17, 15) is 0 Å². The van der Waals surface area contributed by atoms with E-state index in [0.717, 1.165) is 6.54 Å². The van der Waals surface area contributed by atoms with Gasteiger partial charge in [0, 0.05) is 0 Å². The van der Waals surface area contributed by atoms with Crippen LogP contribution < -0.4 is 0 Å². The average molecular weight is 219 g/mol. The van der Waals surface area contributed by atoms with Crippen molar-refractivity contribution in [2.75, 3.05) is 12.7 Å². The Kier molecular flexibility index (Phi) is 5.37. The molecule has 1 radical (unpaired) electrons. The quantitative estimate of drug-likeness (QED) is 0.398. The van der Waals surface area contributed by atoms with Crippen LogP contribution in [0.3, 0.4) is 0 Å². The first-order valence-corrected chi connectivity index (χ1v) is 8.01. The van der Waals surface area contributed by atoms with Gasteiger partial charge in [0.05, 0.1) is 14.3 Å². The van der Waals surface area contributed by atoms with Gasteiger partial charge in [-0.3, -0.25) is 4.90 Å². The van der Waals surface area contributed by atoms with Crippen LogP contribution in [0.2, 0.25) is 12.1 Å². The molecule has 0 bridgehead atoms. The smallest absolute Gasteiger partial charge is 0.0819 e. The molecule has 1 fully saturated rings. The first-order chi connectivity index (χ1) is 6.24. The lowest BCUT2D eigenvalue weighted by Gasteiger charge is -2.29. The summed E-state index contributed by atoms with van der Waals surface area (Å²) in [6.07, 6.45) is 5.73. The lowest BCUT2D eigenvalue weighted by molar-refractivity contribution is 0.317. The van der Waals surface area contributed by atoms with Gasteiger partial charge in [0.25, 0.3) is 0 Å². The molecular formula is C10H21ClNSi. The van der Waals surface area contributed by atoms with Crippen LogP contribution in [-0.4, -0.2) is 31.9 Å². The van der Waals surface area contributed by atoms with E-state index in [2.05, 4.69) is 18.7 Å². The van der Waals surface area contributed by atoms with Crippen LogP contribution in [0, 0.1) is 0 Å². The third-order valence-corrected chi connectivity index (χ3v) is 6.15. The molecular weight excluding hydrogens is 198 g/mol. The molecule has 0 aliphatic carbocycles. The summed E-state index contributed by atoms with van der Waals surface area (Å²) < 4.78 is 0. The summed E-state index contributed by atoms with van der Waals surface area (Å²) in [5.41, 5.74) is 0.226. The van der Waals surface area contributed by atoms with Gasteiger partial charge < -0.3 is 0 Å². The van der Waals surface area contributed by atoms with Crippen molar-refractivity contribution in [1.29, 1.82) is 0 Å². The number of hydrogen-bond donors (Lipinski definition) is 0. The zero-order valence-electron chi connectivity index (χ0n) is 8.85. The fraction of sp³-hybridized carbons (Fsp3) is 1.00. The van der Waals surface area contributed by atoms with Gasteiger partial charge in [-0.25, -0.2) is 0 Å². The van der Waals surface area contributed by atoms with Gasteiger partial charge in [0.15, 0.2) is 0 Å². The van der Waals surface area contributed by atoms with Crippen LogP contribution in [0.15, 0.2) is 0 Å². The van der Waals surface area contributed by atoms with E-state index in [1.165, 1.54) is 37.5 Å². The van der Waals surface area contributed by atoms with E-state index >= 15 is 0 Å². The summed E-state index contributed by atoms with van der Waals surface area (Å²) in [5, 5.41) is 0. The van der Waals surface area contributed by atoms with E-state index in [4.69, 9.17) is 11.6 Å². The SMILES string of the molecule is CCN(C[Si]1CCCCC1)C(C)Cl. The van der Waals surface area contributed by atoms with Crippen molar-refractivity contribution >= 4 is 20.4 Å². The minimum Gasteiger partial charge on any atom is -0.291 e. The van der Waals surface area contributed by atoms with Crippen LogP contribution in [-0.2, 0) is 0 Å². The fourth-order valence-electron chi connectivity index (χ4n) is 1.99. The Hall–Kier alpha value is 0.467. The standard InChI is InChI=1S/C10H21ClNSi/c1-3-12(10(2)11)9-13-7-5-4-6-8-13/h10H,3-9H2,1-2H3. The summed E-state index contributed by atoms with van der Waals surface area (Å²) in [6, 6.07) is 3.04. The van der Waals surface area contributed by atoms with E-state index in [0.29, 0.717) is 0 Å². The lowest BCUT2D eigenvalue weighted by atomic mass is 10.3. The molecule has 1 saturated heterocycles. The highest BCUT2D eigenvalue weighted by molar-refractivity contribution is 6.59. The maximum Gasteiger partial charge on any atom is 0.0819 e. The van der Waals surface area contributed by atoms with Crippen molar-refractivity contribution in [2.24, 2.45) is 0 Å². The van der Waals surface area contributed by atoms with Crippen molar-refractivity contribution in [3.05, 3.63) is 0 Å². The molecule has 0 aromatic carbocycles. The van der Waals surface area contributed by atoms with Crippen LogP contribution in [0.5, 0.6) is 0 Å². The molecule has 1 aliphatic heterocycles. The maximum absolute atomic E-state index is 6.11. The van der Waals surface area contributed by atoms with Crippen molar-refractivity contribution in [3.63, 3.8) is 0 Å². The van der Waals surface area contributed by atoms with E-state index in [1.807, 2.05) is 0 Å². The maximum atomic E-state index is 6.11. The largest absolute Gasteiger partial charge is 0.291 e. The van der Waals surface area contributed by atoms with Crippen LogP contribution in [0.25, 0.3) is 0 Å². The molecule has 0 aromatic heterocycles. The van der Waals surface area contributed by atoms with Crippen molar-refractivity contribution < 1.29 is 0 Å². The fourth-order valence-corrected chi connectivity index (χ4v) is 5.45. The summed E-state index contributed by atoms with van der Waals surface area (Å²) in [5.74, 6) is 0. The molecule has 0 amide bonds. The second-order valence-corrected chi connectivity index (χ2v) is 7.40. The molecule has 0 N–H and O–H groups in total. The third kappa shape index (κ3) is 4.01. The van der Waals surface area contributed by atoms with Gasteiger partial charge in [-0.2, -0.15) is 0 Å². The molecule has 1 rings (SSSR count). The Balaban J connectivity index is 2.27. The molecule has 1 nitrogen and oxygen atoms in total. The van der Waals surface area contributed by atoms with Crippen molar-refractivity contribution in [1.82, 2.24) is 4.90 Å². The van der Waals surface area contributed by atoms with Gasteiger partial charge >= 0.3 is 0 Å². The Labute approximate surface area is 89.1 Å². The molecule has 1 atom stereocenters. The Morgan fingerprint density at radius 1 is 1.31 bits per heavy atom. The average Bonchev–Trinajstić information content (AvgIpc) is 2.15. The third-order valence-electron chi connectivity index (χ3n) is 2.90. The normalized spacial score (nSPS) is 22.2. The topological polar surface area (TPSA) is 3.24 Å². The number of rotatable bonds is 4.